The normalized spacial score (nSPS) is 18.0. The Morgan fingerprint density at radius 3 is 3.00 bits per heavy atom. The van der Waals surface area contributed by atoms with Crippen LogP contribution in [-0.2, 0) is 6.42 Å². The average molecular weight is 283 g/mol. The molecule has 5 heteroatoms. The molecule has 5 nitrogen and oxygen atoms in total. The second-order valence-corrected chi connectivity index (χ2v) is 5.43. The molecule has 0 saturated carbocycles. The summed E-state index contributed by atoms with van der Waals surface area (Å²) in [5.74, 6) is 0.772. The van der Waals surface area contributed by atoms with Crippen LogP contribution in [0.1, 0.15) is 18.9 Å². The van der Waals surface area contributed by atoms with E-state index in [1.165, 1.54) is 5.56 Å². The Labute approximate surface area is 125 Å². The summed E-state index contributed by atoms with van der Waals surface area (Å²) in [6, 6.07) is 10.6. The van der Waals surface area contributed by atoms with E-state index in [0.29, 0.717) is 0 Å². The van der Waals surface area contributed by atoms with Crippen molar-refractivity contribution in [3.63, 3.8) is 0 Å². The third-order valence-corrected chi connectivity index (χ3v) is 3.89. The van der Waals surface area contributed by atoms with Crippen LogP contribution in [0.4, 0.5) is 17.2 Å². The number of hydrogen-bond donors (Lipinski definition) is 2. The quantitative estimate of drug-likeness (QED) is 0.901. The Hall–Kier alpha value is -2.14. The van der Waals surface area contributed by atoms with E-state index in [1.807, 2.05) is 12.1 Å². The molecule has 2 heterocycles. The number of rotatable bonds is 4. The molecule has 21 heavy (non-hydrogen) atoms. The molecule has 0 unspecified atom stereocenters. The average Bonchev–Trinajstić information content (AvgIpc) is 2.95. The van der Waals surface area contributed by atoms with Crippen LogP contribution in [-0.4, -0.2) is 29.3 Å². The van der Waals surface area contributed by atoms with Gasteiger partial charge in [0.25, 0.3) is 0 Å². The maximum atomic E-state index is 5.97. The zero-order valence-electron chi connectivity index (χ0n) is 12.3. The van der Waals surface area contributed by atoms with Gasteiger partial charge in [-0.15, -0.1) is 5.10 Å². The van der Waals surface area contributed by atoms with Gasteiger partial charge < -0.3 is 16.0 Å². The molecule has 1 aliphatic heterocycles. The topological polar surface area (TPSA) is 67.1 Å². The van der Waals surface area contributed by atoms with Crippen molar-refractivity contribution in [1.29, 1.82) is 0 Å². The maximum absolute atomic E-state index is 5.97. The standard InChI is InChI=1S/C16H21N5/c1-2-12-5-3-4-6-15(12)19-16-9-14(10-18-20-16)21-8-7-13(17)11-21/h3-6,9-10,13H,2,7-8,11,17H2,1H3,(H,19,20)/t13-/m1/s1. The van der Waals surface area contributed by atoms with Gasteiger partial charge in [0.2, 0.25) is 0 Å². The molecule has 1 atom stereocenters. The lowest BCUT2D eigenvalue weighted by molar-refractivity contribution is 0.752. The van der Waals surface area contributed by atoms with Crippen molar-refractivity contribution in [1.82, 2.24) is 10.2 Å². The zero-order valence-corrected chi connectivity index (χ0v) is 12.3. The first kappa shape index (κ1) is 13.8. The fraction of sp³-hybridized carbons (Fsp3) is 0.375. The monoisotopic (exact) mass is 283 g/mol. The van der Waals surface area contributed by atoms with E-state index < -0.39 is 0 Å². The van der Waals surface area contributed by atoms with E-state index >= 15 is 0 Å². The summed E-state index contributed by atoms with van der Waals surface area (Å²) in [5.41, 5.74) is 9.41. The van der Waals surface area contributed by atoms with Gasteiger partial charge in [0.05, 0.1) is 11.9 Å². The molecule has 0 aliphatic carbocycles. The predicted molar refractivity (Wildman–Crippen MR) is 85.9 cm³/mol. The molecule has 0 bridgehead atoms. The molecule has 0 spiro atoms. The number of nitrogens with one attached hydrogen (secondary N) is 1. The molecule has 2 aromatic rings. The van der Waals surface area contributed by atoms with Gasteiger partial charge in [0.1, 0.15) is 0 Å². The van der Waals surface area contributed by atoms with Crippen molar-refractivity contribution in [3.8, 4) is 0 Å². The van der Waals surface area contributed by atoms with Crippen LogP contribution >= 0.6 is 0 Å². The summed E-state index contributed by atoms with van der Waals surface area (Å²) in [7, 11) is 0. The van der Waals surface area contributed by atoms with E-state index in [2.05, 4.69) is 45.5 Å². The summed E-state index contributed by atoms with van der Waals surface area (Å²) in [4.78, 5) is 2.26. The molecule has 1 fully saturated rings. The van der Waals surface area contributed by atoms with Gasteiger partial charge in [-0.25, -0.2) is 0 Å². The number of para-hydroxylation sites is 1. The van der Waals surface area contributed by atoms with Crippen LogP contribution in [0.5, 0.6) is 0 Å². The first-order valence-corrected chi connectivity index (χ1v) is 7.44. The molecular weight excluding hydrogens is 262 g/mol. The predicted octanol–water partition coefficient (Wildman–Crippen LogP) is 2.32. The minimum absolute atomic E-state index is 0.260. The molecule has 3 N–H and O–H groups in total. The fourth-order valence-electron chi connectivity index (χ4n) is 2.70. The summed E-state index contributed by atoms with van der Waals surface area (Å²) in [6.45, 7) is 4.02. The Balaban J connectivity index is 1.80. The highest BCUT2D eigenvalue weighted by Crippen LogP contribution is 2.24. The molecule has 1 aromatic heterocycles. The molecular formula is C16H21N5. The highest BCUT2D eigenvalue weighted by Gasteiger charge is 2.20. The van der Waals surface area contributed by atoms with Crippen LogP contribution in [0, 0.1) is 0 Å². The van der Waals surface area contributed by atoms with Gasteiger partial charge in [-0.05, 0) is 24.5 Å². The number of nitrogens with two attached hydrogens (primary N) is 1. The lowest BCUT2D eigenvalue weighted by Gasteiger charge is -2.18. The largest absolute Gasteiger partial charge is 0.369 e. The van der Waals surface area contributed by atoms with Crippen molar-refractivity contribution >= 4 is 17.2 Å². The Bertz CT molecular complexity index is 613. The van der Waals surface area contributed by atoms with Crippen LogP contribution in [0.15, 0.2) is 36.5 Å². The van der Waals surface area contributed by atoms with Gasteiger partial charge in [0.15, 0.2) is 5.82 Å². The second kappa shape index (κ2) is 6.10. The molecule has 1 saturated heterocycles. The van der Waals surface area contributed by atoms with Gasteiger partial charge in [-0.1, -0.05) is 25.1 Å². The van der Waals surface area contributed by atoms with Crippen molar-refractivity contribution in [2.75, 3.05) is 23.3 Å². The summed E-state index contributed by atoms with van der Waals surface area (Å²) >= 11 is 0. The Morgan fingerprint density at radius 2 is 2.24 bits per heavy atom. The number of hydrogen-bond acceptors (Lipinski definition) is 5. The van der Waals surface area contributed by atoms with Crippen LogP contribution in [0.3, 0.4) is 0 Å². The molecule has 0 amide bonds. The summed E-state index contributed by atoms with van der Waals surface area (Å²) < 4.78 is 0. The van der Waals surface area contributed by atoms with Gasteiger partial charge >= 0.3 is 0 Å². The van der Waals surface area contributed by atoms with Crippen molar-refractivity contribution in [2.24, 2.45) is 5.73 Å². The molecule has 110 valence electrons. The van der Waals surface area contributed by atoms with E-state index in [-0.39, 0.29) is 6.04 Å². The van der Waals surface area contributed by atoms with Crippen LogP contribution in [0.25, 0.3) is 0 Å². The van der Waals surface area contributed by atoms with Crippen LogP contribution < -0.4 is 16.0 Å². The molecule has 0 radical (unpaired) electrons. The lowest BCUT2D eigenvalue weighted by Crippen LogP contribution is -2.26. The number of anilines is 3. The minimum atomic E-state index is 0.260. The van der Waals surface area contributed by atoms with E-state index in [1.54, 1.807) is 6.20 Å². The first-order valence-electron chi connectivity index (χ1n) is 7.44. The van der Waals surface area contributed by atoms with Crippen molar-refractivity contribution in [3.05, 3.63) is 42.1 Å². The van der Waals surface area contributed by atoms with Gasteiger partial charge in [0, 0.05) is 30.9 Å². The van der Waals surface area contributed by atoms with E-state index in [0.717, 1.165) is 43.1 Å². The van der Waals surface area contributed by atoms with E-state index in [9.17, 15) is 0 Å². The maximum Gasteiger partial charge on any atom is 0.155 e. The zero-order chi connectivity index (χ0) is 14.7. The summed E-state index contributed by atoms with van der Waals surface area (Å²) in [5, 5.41) is 11.7. The van der Waals surface area contributed by atoms with Gasteiger partial charge in [-0.2, -0.15) is 5.10 Å². The Morgan fingerprint density at radius 1 is 1.38 bits per heavy atom. The highest BCUT2D eigenvalue weighted by molar-refractivity contribution is 5.63. The Kier molecular flexibility index (Phi) is 4.01. The smallest absolute Gasteiger partial charge is 0.155 e. The SMILES string of the molecule is CCc1ccccc1Nc1cc(N2CC[C@@H](N)C2)cnn1. The molecule has 1 aromatic carbocycles. The second-order valence-electron chi connectivity index (χ2n) is 5.43. The number of aromatic nitrogens is 2. The highest BCUT2D eigenvalue weighted by atomic mass is 15.2. The summed E-state index contributed by atoms with van der Waals surface area (Å²) in [6.07, 6.45) is 3.82. The van der Waals surface area contributed by atoms with E-state index in [4.69, 9.17) is 5.73 Å². The van der Waals surface area contributed by atoms with Crippen LogP contribution in [0.2, 0.25) is 0 Å². The molecule has 3 rings (SSSR count). The minimum Gasteiger partial charge on any atom is -0.369 e. The first-order chi connectivity index (χ1) is 10.3. The van der Waals surface area contributed by atoms with Gasteiger partial charge in [-0.3, -0.25) is 0 Å². The number of nitrogens with zero attached hydrogens (tertiary/aromatic N) is 3. The van der Waals surface area contributed by atoms with Crippen molar-refractivity contribution in [2.45, 2.75) is 25.8 Å². The third-order valence-electron chi connectivity index (χ3n) is 3.89. The number of benzene rings is 1. The number of aryl methyl sites for hydroxylation is 1. The fourth-order valence-corrected chi connectivity index (χ4v) is 2.70. The molecule has 1 aliphatic rings. The lowest BCUT2D eigenvalue weighted by atomic mass is 10.1. The third kappa shape index (κ3) is 3.13. The van der Waals surface area contributed by atoms with Crippen molar-refractivity contribution < 1.29 is 0 Å².